The summed E-state index contributed by atoms with van der Waals surface area (Å²) in [7, 11) is 2.06. The van der Waals surface area contributed by atoms with Crippen molar-refractivity contribution in [1.29, 1.82) is 0 Å². The molecule has 12 heteroatoms. The van der Waals surface area contributed by atoms with Crippen LogP contribution < -0.4 is 15.5 Å². The number of nitrogens with one attached hydrogen (secondary N) is 2. The maximum absolute atomic E-state index is 12.8. The molecule has 0 bridgehead atoms. The smallest absolute Gasteiger partial charge is 0.323 e. The first-order chi connectivity index (χ1) is 23.0. The van der Waals surface area contributed by atoms with Gasteiger partial charge in [0.2, 0.25) is 0 Å². The minimum atomic E-state index is -0.384. The van der Waals surface area contributed by atoms with Crippen LogP contribution in [0, 0.1) is 0 Å². The van der Waals surface area contributed by atoms with Gasteiger partial charge in [-0.2, -0.15) is 0 Å². The average molecular weight is 630 g/mol. The Labute approximate surface area is 272 Å². The van der Waals surface area contributed by atoms with Crippen molar-refractivity contribution in [2.45, 2.75) is 0 Å². The number of piperazine rings is 1. The van der Waals surface area contributed by atoms with E-state index in [1.54, 1.807) is 36.7 Å². The van der Waals surface area contributed by atoms with Crippen LogP contribution in [0.3, 0.4) is 0 Å². The molecule has 2 aliphatic rings. The van der Waals surface area contributed by atoms with Crippen LogP contribution in [0.1, 0.15) is 10.4 Å². The lowest BCUT2D eigenvalue weighted by molar-refractivity contribution is 0.0664. The standard InChI is InChI=1S/C35H35N9O3/c1-42-12-14-44(15-13-42)34(45)25-4-9-29(10-5-25)39-35(46)38-28-7-2-24(3-8-28)32-40-31-20-26(27-21-36-23-37-22-27)6-11-30(31)33(41-32)43-16-18-47-19-17-43/h2-11,20-23H,12-19H2,1H3,(H2,38,39,46). The first kappa shape index (κ1) is 30.2. The SMILES string of the molecule is CN1CCN(C(=O)c2ccc(NC(=O)Nc3ccc(-c4nc(N5CCOCC5)c5ccc(-c6cncnc6)cc5n4)cc3)cc2)CC1. The number of likely N-dealkylation sites (N-methyl/N-ethyl adjacent to an activating group) is 1. The molecule has 0 unspecified atom stereocenters. The zero-order valence-corrected chi connectivity index (χ0v) is 26.1. The molecule has 0 atom stereocenters. The number of amides is 3. The molecule has 2 saturated heterocycles. The zero-order valence-electron chi connectivity index (χ0n) is 26.1. The quantitative estimate of drug-likeness (QED) is 0.276. The van der Waals surface area contributed by atoms with Gasteiger partial charge in [-0.15, -0.1) is 0 Å². The zero-order chi connectivity index (χ0) is 32.2. The number of nitrogens with zero attached hydrogens (tertiary/aromatic N) is 7. The molecular formula is C35H35N9O3. The highest BCUT2D eigenvalue weighted by Crippen LogP contribution is 2.31. The van der Waals surface area contributed by atoms with E-state index in [2.05, 4.69) is 43.5 Å². The highest BCUT2D eigenvalue weighted by Gasteiger charge is 2.21. The molecule has 5 aromatic rings. The molecule has 2 fully saturated rings. The van der Waals surface area contributed by atoms with Gasteiger partial charge in [-0.05, 0) is 73.3 Å². The van der Waals surface area contributed by atoms with Crippen molar-refractivity contribution < 1.29 is 14.3 Å². The number of hydrogen-bond donors (Lipinski definition) is 2. The monoisotopic (exact) mass is 629 g/mol. The van der Waals surface area contributed by atoms with Crippen molar-refractivity contribution in [2.75, 3.05) is 75.1 Å². The summed E-state index contributed by atoms with van der Waals surface area (Å²) in [5.74, 6) is 1.46. The van der Waals surface area contributed by atoms with E-state index < -0.39 is 0 Å². The lowest BCUT2D eigenvalue weighted by atomic mass is 10.1. The van der Waals surface area contributed by atoms with Crippen molar-refractivity contribution in [3.63, 3.8) is 0 Å². The fraction of sp³-hybridized carbons (Fsp3) is 0.257. The van der Waals surface area contributed by atoms with E-state index in [0.717, 1.165) is 59.6 Å². The number of aromatic nitrogens is 4. The Hall–Kier alpha value is -5.46. The lowest BCUT2D eigenvalue weighted by Crippen LogP contribution is -2.47. The van der Waals surface area contributed by atoms with Crippen LogP contribution in [-0.4, -0.2) is 101 Å². The first-order valence-electron chi connectivity index (χ1n) is 15.7. The van der Waals surface area contributed by atoms with Crippen molar-refractivity contribution in [1.82, 2.24) is 29.7 Å². The molecule has 47 heavy (non-hydrogen) atoms. The topological polar surface area (TPSA) is 129 Å². The van der Waals surface area contributed by atoms with Crippen LogP contribution in [0.25, 0.3) is 33.4 Å². The summed E-state index contributed by atoms with van der Waals surface area (Å²) < 4.78 is 5.59. The molecule has 238 valence electrons. The molecule has 2 aliphatic heterocycles. The average Bonchev–Trinajstić information content (AvgIpc) is 3.12. The Kier molecular flexibility index (Phi) is 8.67. The van der Waals surface area contributed by atoms with Gasteiger partial charge in [0.15, 0.2) is 5.82 Å². The van der Waals surface area contributed by atoms with Crippen LogP contribution in [-0.2, 0) is 4.74 Å². The second kappa shape index (κ2) is 13.5. The summed E-state index contributed by atoms with van der Waals surface area (Å²) in [5, 5.41) is 6.68. The molecule has 3 aromatic carbocycles. The Bertz CT molecular complexity index is 1870. The molecule has 4 heterocycles. The third-order valence-electron chi connectivity index (χ3n) is 8.46. The predicted octanol–water partition coefficient (Wildman–Crippen LogP) is 4.62. The largest absolute Gasteiger partial charge is 0.378 e. The molecular weight excluding hydrogens is 594 g/mol. The number of morpholine rings is 1. The lowest BCUT2D eigenvalue weighted by Gasteiger charge is -2.32. The van der Waals surface area contributed by atoms with E-state index in [1.165, 1.54) is 6.33 Å². The van der Waals surface area contributed by atoms with Gasteiger partial charge < -0.3 is 30.1 Å². The minimum Gasteiger partial charge on any atom is -0.378 e. The maximum Gasteiger partial charge on any atom is 0.323 e. The van der Waals surface area contributed by atoms with Gasteiger partial charge >= 0.3 is 6.03 Å². The molecule has 0 spiro atoms. The number of hydrogen-bond acceptors (Lipinski definition) is 9. The van der Waals surface area contributed by atoms with Crippen molar-refractivity contribution in [2.24, 2.45) is 0 Å². The molecule has 0 radical (unpaired) electrons. The molecule has 12 nitrogen and oxygen atoms in total. The third-order valence-corrected chi connectivity index (χ3v) is 8.46. The highest BCUT2D eigenvalue weighted by atomic mass is 16.5. The predicted molar refractivity (Wildman–Crippen MR) is 182 cm³/mol. The summed E-state index contributed by atoms with van der Waals surface area (Å²) in [4.78, 5) is 50.2. The van der Waals surface area contributed by atoms with Crippen LogP contribution in [0.4, 0.5) is 22.0 Å². The summed E-state index contributed by atoms with van der Waals surface area (Å²) in [5.41, 5.74) is 5.33. The second-order valence-corrected chi connectivity index (χ2v) is 11.7. The Balaban J connectivity index is 1.06. The number of rotatable bonds is 6. The normalized spacial score (nSPS) is 15.4. The molecule has 3 amide bonds. The summed E-state index contributed by atoms with van der Waals surface area (Å²) in [6, 6.07) is 20.2. The Morgan fingerprint density at radius 1 is 0.723 bits per heavy atom. The molecule has 2 aromatic heterocycles. The number of urea groups is 1. The highest BCUT2D eigenvalue weighted by molar-refractivity contribution is 6.01. The fourth-order valence-electron chi connectivity index (χ4n) is 5.77. The van der Waals surface area contributed by atoms with Gasteiger partial charge in [-0.25, -0.2) is 24.7 Å². The molecule has 7 rings (SSSR count). The van der Waals surface area contributed by atoms with Gasteiger partial charge in [0.25, 0.3) is 5.91 Å². The van der Waals surface area contributed by atoms with Crippen LogP contribution in [0.5, 0.6) is 0 Å². The van der Waals surface area contributed by atoms with E-state index in [1.807, 2.05) is 41.3 Å². The summed E-state index contributed by atoms with van der Waals surface area (Å²) in [6.45, 7) is 5.92. The van der Waals surface area contributed by atoms with Gasteiger partial charge in [0.05, 0.1) is 18.7 Å². The number of fused-ring (bicyclic) bond motifs is 1. The first-order valence-corrected chi connectivity index (χ1v) is 15.7. The third kappa shape index (κ3) is 6.88. The summed E-state index contributed by atoms with van der Waals surface area (Å²) >= 11 is 0. The minimum absolute atomic E-state index is 0.00730. The van der Waals surface area contributed by atoms with Crippen LogP contribution in [0.15, 0.2) is 85.5 Å². The second-order valence-electron chi connectivity index (χ2n) is 11.7. The number of carbonyl (C=O) groups is 2. The molecule has 0 aliphatic carbocycles. The molecule has 0 saturated carbocycles. The Morgan fingerprint density at radius 2 is 1.36 bits per heavy atom. The van der Waals surface area contributed by atoms with Gasteiger partial charge in [-0.1, -0.05) is 6.07 Å². The number of ether oxygens (including phenoxy) is 1. The van der Waals surface area contributed by atoms with Crippen molar-refractivity contribution in [3.05, 3.63) is 91.0 Å². The van der Waals surface area contributed by atoms with Gasteiger partial charge in [0.1, 0.15) is 12.1 Å². The van der Waals surface area contributed by atoms with Crippen molar-refractivity contribution in [3.8, 4) is 22.5 Å². The number of carbonyl (C=O) groups excluding carboxylic acids is 2. The summed E-state index contributed by atoms with van der Waals surface area (Å²) in [6.07, 6.45) is 5.08. The van der Waals surface area contributed by atoms with E-state index in [4.69, 9.17) is 14.7 Å². The van der Waals surface area contributed by atoms with E-state index >= 15 is 0 Å². The van der Waals surface area contributed by atoms with Crippen LogP contribution >= 0.6 is 0 Å². The number of anilines is 3. The van der Waals surface area contributed by atoms with Gasteiger partial charge in [-0.3, -0.25) is 4.79 Å². The van der Waals surface area contributed by atoms with E-state index in [9.17, 15) is 9.59 Å². The van der Waals surface area contributed by atoms with Crippen LogP contribution in [0.2, 0.25) is 0 Å². The molecule has 2 N–H and O–H groups in total. The Morgan fingerprint density at radius 3 is 2.04 bits per heavy atom. The maximum atomic E-state index is 12.8. The van der Waals surface area contributed by atoms with Gasteiger partial charge in [0, 0.05) is 85.1 Å². The fourth-order valence-corrected chi connectivity index (χ4v) is 5.77. The van der Waals surface area contributed by atoms with E-state index in [0.29, 0.717) is 49.1 Å². The van der Waals surface area contributed by atoms with Crippen molar-refractivity contribution >= 4 is 40.0 Å². The number of benzene rings is 3. The van der Waals surface area contributed by atoms with E-state index in [-0.39, 0.29) is 11.9 Å².